The summed E-state index contributed by atoms with van der Waals surface area (Å²) in [5.74, 6) is 1.38. The highest BCUT2D eigenvalue weighted by Crippen LogP contribution is 2.50. The quantitative estimate of drug-likeness (QED) is 0.598. The smallest absolute Gasteiger partial charge is 0.188 e. The van der Waals surface area contributed by atoms with Gasteiger partial charge in [0.25, 0.3) is 0 Å². The summed E-state index contributed by atoms with van der Waals surface area (Å²) in [7, 11) is 0. The number of nitrogens with zero attached hydrogens (tertiary/aromatic N) is 1. The van der Waals surface area contributed by atoms with Crippen molar-refractivity contribution in [2.75, 3.05) is 26.4 Å². The van der Waals surface area contributed by atoms with Gasteiger partial charge in [0, 0.05) is 37.8 Å². The largest absolute Gasteiger partial charge is 0.381 e. The molecule has 2 atom stereocenters. The van der Waals surface area contributed by atoms with E-state index < -0.39 is 0 Å². The lowest BCUT2D eigenvalue weighted by molar-refractivity contribution is -0.169. The molecule has 2 unspecified atom stereocenters. The molecule has 2 saturated carbocycles. The second-order valence-corrected chi connectivity index (χ2v) is 6.75. The van der Waals surface area contributed by atoms with E-state index in [0.717, 1.165) is 51.5 Å². The molecule has 1 heterocycles. The zero-order valence-electron chi connectivity index (χ0n) is 13.1. The zero-order chi connectivity index (χ0) is 14.7. The van der Waals surface area contributed by atoms with Gasteiger partial charge < -0.3 is 20.5 Å². The number of hydrogen-bond donors (Lipinski definition) is 2. The summed E-state index contributed by atoms with van der Waals surface area (Å²) < 4.78 is 11.5. The lowest BCUT2D eigenvalue weighted by Crippen LogP contribution is -2.67. The first kappa shape index (κ1) is 15.1. The van der Waals surface area contributed by atoms with E-state index in [-0.39, 0.29) is 5.41 Å². The number of rotatable bonds is 5. The Morgan fingerprint density at radius 3 is 2.76 bits per heavy atom. The van der Waals surface area contributed by atoms with Gasteiger partial charge in [0.2, 0.25) is 0 Å². The summed E-state index contributed by atoms with van der Waals surface area (Å²) in [6.45, 7) is 5.41. The molecule has 0 aromatic rings. The summed E-state index contributed by atoms with van der Waals surface area (Å²) in [5, 5.41) is 3.46. The highest BCUT2D eigenvalue weighted by atomic mass is 16.5. The van der Waals surface area contributed by atoms with E-state index in [9.17, 15) is 0 Å². The van der Waals surface area contributed by atoms with Crippen molar-refractivity contribution in [3.05, 3.63) is 0 Å². The third-order valence-electron chi connectivity index (χ3n) is 5.64. The molecule has 3 N–H and O–H groups in total. The Morgan fingerprint density at radius 2 is 2.14 bits per heavy atom. The van der Waals surface area contributed by atoms with Crippen LogP contribution in [-0.2, 0) is 9.47 Å². The van der Waals surface area contributed by atoms with Gasteiger partial charge in [-0.2, -0.15) is 0 Å². The topological polar surface area (TPSA) is 68.9 Å². The van der Waals surface area contributed by atoms with E-state index >= 15 is 0 Å². The van der Waals surface area contributed by atoms with Crippen molar-refractivity contribution in [3.63, 3.8) is 0 Å². The lowest BCUT2D eigenvalue weighted by Gasteiger charge is -2.57. The Labute approximate surface area is 127 Å². The molecule has 120 valence electrons. The van der Waals surface area contributed by atoms with E-state index in [1.54, 1.807) is 0 Å². The van der Waals surface area contributed by atoms with Crippen molar-refractivity contribution in [1.29, 1.82) is 0 Å². The average molecular weight is 295 g/mol. The van der Waals surface area contributed by atoms with Gasteiger partial charge in [-0.3, -0.25) is 4.99 Å². The standard InChI is InChI=1S/C16H29N3O2/c1-2-21-14-10-13(16(14)6-8-20-9-7-16)19-15(17)18-11-12-4-3-5-12/h12-14H,2-11H2,1H3,(H3,17,18,19). The minimum Gasteiger partial charge on any atom is -0.381 e. The van der Waals surface area contributed by atoms with Gasteiger partial charge >= 0.3 is 0 Å². The van der Waals surface area contributed by atoms with Crippen molar-refractivity contribution < 1.29 is 9.47 Å². The average Bonchev–Trinajstić information content (AvgIpc) is 2.45. The Hall–Kier alpha value is -0.810. The molecule has 3 aliphatic rings. The van der Waals surface area contributed by atoms with Gasteiger partial charge in [-0.25, -0.2) is 0 Å². The van der Waals surface area contributed by atoms with E-state index in [1.807, 2.05) is 0 Å². The molecule has 0 aromatic carbocycles. The molecule has 1 spiro atoms. The van der Waals surface area contributed by atoms with Crippen LogP contribution >= 0.6 is 0 Å². The van der Waals surface area contributed by atoms with Crippen molar-refractivity contribution in [2.24, 2.45) is 22.1 Å². The van der Waals surface area contributed by atoms with Gasteiger partial charge in [0.15, 0.2) is 5.96 Å². The third kappa shape index (κ3) is 3.04. The monoisotopic (exact) mass is 295 g/mol. The number of aliphatic imine (C=N–C) groups is 1. The van der Waals surface area contributed by atoms with Crippen LogP contribution in [0.25, 0.3) is 0 Å². The molecule has 0 amide bonds. The molecule has 0 radical (unpaired) electrons. The maximum atomic E-state index is 6.09. The summed E-state index contributed by atoms with van der Waals surface area (Å²) in [6, 6.07) is 0.392. The molecule has 3 fully saturated rings. The van der Waals surface area contributed by atoms with Crippen molar-refractivity contribution in [3.8, 4) is 0 Å². The molecular formula is C16H29N3O2. The summed E-state index contributed by atoms with van der Waals surface area (Å²) >= 11 is 0. The Bertz CT molecular complexity index is 376. The minimum absolute atomic E-state index is 0.199. The van der Waals surface area contributed by atoms with Crippen LogP contribution in [0.3, 0.4) is 0 Å². The van der Waals surface area contributed by atoms with Gasteiger partial charge in [-0.05, 0) is 44.9 Å². The van der Waals surface area contributed by atoms with E-state index in [4.69, 9.17) is 15.2 Å². The summed E-state index contributed by atoms with van der Waals surface area (Å²) in [5.41, 5.74) is 6.29. The van der Waals surface area contributed by atoms with E-state index in [1.165, 1.54) is 19.3 Å². The molecule has 21 heavy (non-hydrogen) atoms. The van der Waals surface area contributed by atoms with Gasteiger partial charge in [0.1, 0.15) is 0 Å². The number of nitrogens with one attached hydrogen (secondary N) is 1. The van der Waals surface area contributed by atoms with Crippen LogP contribution in [0, 0.1) is 11.3 Å². The summed E-state index contributed by atoms with van der Waals surface area (Å²) in [6.07, 6.45) is 7.49. The molecule has 0 aromatic heterocycles. The van der Waals surface area contributed by atoms with Crippen LogP contribution in [0.5, 0.6) is 0 Å². The normalized spacial score (nSPS) is 32.5. The number of hydrogen-bond acceptors (Lipinski definition) is 3. The predicted molar refractivity (Wildman–Crippen MR) is 83.3 cm³/mol. The summed E-state index contributed by atoms with van der Waals surface area (Å²) in [4.78, 5) is 4.53. The Balaban J connectivity index is 1.56. The Morgan fingerprint density at radius 1 is 1.38 bits per heavy atom. The molecule has 3 rings (SSSR count). The van der Waals surface area contributed by atoms with Crippen LogP contribution in [-0.4, -0.2) is 44.5 Å². The molecule has 5 heteroatoms. The first-order valence-electron chi connectivity index (χ1n) is 8.50. The van der Waals surface area contributed by atoms with Gasteiger partial charge in [0.05, 0.1) is 6.10 Å². The van der Waals surface area contributed by atoms with Crippen molar-refractivity contribution in [2.45, 2.75) is 57.6 Å². The number of ether oxygens (including phenoxy) is 2. The lowest BCUT2D eigenvalue weighted by atomic mass is 9.57. The third-order valence-corrected chi connectivity index (χ3v) is 5.64. The maximum Gasteiger partial charge on any atom is 0.188 e. The fraction of sp³-hybridized carbons (Fsp3) is 0.938. The van der Waals surface area contributed by atoms with Crippen LogP contribution in [0.4, 0.5) is 0 Å². The fourth-order valence-electron chi connectivity index (χ4n) is 3.93. The Kier molecular flexibility index (Phi) is 4.69. The van der Waals surface area contributed by atoms with Crippen LogP contribution < -0.4 is 11.1 Å². The van der Waals surface area contributed by atoms with Gasteiger partial charge in [-0.15, -0.1) is 0 Å². The molecule has 0 bridgehead atoms. The SMILES string of the molecule is CCOC1CC(NC(N)=NCC2CCC2)C12CCOCC2. The first-order valence-corrected chi connectivity index (χ1v) is 8.50. The predicted octanol–water partition coefficient (Wildman–Crippen LogP) is 1.66. The van der Waals surface area contributed by atoms with E-state index in [2.05, 4.69) is 17.2 Å². The zero-order valence-corrected chi connectivity index (χ0v) is 13.1. The van der Waals surface area contributed by atoms with Gasteiger partial charge in [-0.1, -0.05) is 6.42 Å². The van der Waals surface area contributed by atoms with Crippen LogP contribution in [0.15, 0.2) is 4.99 Å². The second kappa shape index (κ2) is 6.53. The van der Waals surface area contributed by atoms with Crippen molar-refractivity contribution >= 4 is 5.96 Å². The highest BCUT2D eigenvalue weighted by molar-refractivity contribution is 5.78. The number of nitrogens with two attached hydrogens (primary N) is 1. The molecule has 2 aliphatic carbocycles. The fourth-order valence-corrected chi connectivity index (χ4v) is 3.93. The van der Waals surface area contributed by atoms with Crippen LogP contribution in [0.1, 0.15) is 45.4 Å². The van der Waals surface area contributed by atoms with Crippen molar-refractivity contribution in [1.82, 2.24) is 5.32 Å². The van der Waals surface area contributed by atoms with E-state index in [0.29, 0.717) is 18.1 Å². The van der Waals surface area contributed by atoms with Crippen LogP contribution in [0.2, 0.25) is 0 Å². The molecular weight excluding hydrogens is 266 g/mol. The molecule has 1 aliphatic heterocycles. The minimum atomic E-state index is 0.199. The molecule has 5 nitrogen and oxygen atoms in total. The second-order valence-electron chi connectivity index (χ2n) is 6.75. The first-order chi connectivity index (χ1) is 10.2. The highest BCUT2D eigenvalue weighted by Gasteiger charge is 2.56. The molecule has 1 saturated heterocycles. The number of guanidine groups is 1. The maximum absolute atomic E-state index is 6.09.